The molecule has 1 aliphatic heterocycles. The highest BCUT2D eigenvalue weighted by atomic mass is 16.5. The molecule has 0 spiro atoms. The lowest BCUT2D eigenvalue weighted by atomic mass is 10.1. The van der Waals surface area contributed by atoms with Crippen molar-refractivity contribution in [2.24, 2.45) is 0 Å². The molecule has 1 atom stereocenters. The van der Waals surface area contributed by atoms with Crippen LogP contribution in [0.4, 0.5) is 0 Å². The number of aromatic amines is 1. The van der Waals surface area contributed by atoms with Gasteiger partial charge in [-0.2, -0.15) is 5.10 Å². The SMILES string of the molecule is CCc1n[nH]c(CN2CCCC(OCc3ccccn3)C2)n1. The minimum absolute atomic E-state index is 0.268. The third kappa shape index (κ3) is 4.11. The minimum Gasteiger partial charge on any atom is -0.371 e. The molecular formula is C16H23N5O. The number of likely N-dealkylation sites (tertiary alicyclic amines) is 1. The summed E-state index contributed by atoms with van der Waals surface area (Å²) in [6, 6.07) is 5.92. The molecule has 3 heterocycles. The maximum atomic E-state index is 6.01. The van der Waals surface area contributed by atoms with Gasteiger partial charge in [-0.05, 0) is 31.5 Å². The van der Waals surface area contributed by atoms with Crippen LogP contribution in [-0.2, 0) is 24.3 Å². The van der Waals surface area contributed by atoms with Crippen molar-refractivity contribution in [3.63, 3.8) is 0 Å². The molecular weight excluding hydrogens is 278 g/mol. The molecule has 6 nitrogen and oxygen atoms in total. The van der Waals surface area contributed by atoms with Crippen molar-refractivity contribution < 1.29 is 4.74 Å². The fourth-order valence-corrected chi connectivity index (χ4v) is 2.75. The van der Waals surface area contributed by atoms with E-state index < -0.39 is 0 Å². The molecule has 1 fully saturated rings. The van der Waals surface area contributed by atoms with Crippen LogP contribution < -0.4 is 0 Å². The third-order valence-corrected chi connectivity index (χ3v) is 3.92. The van der Waals surface area contributed by atoms with Gasteiger partial charge in [0, 0.05) is 19.2 Å². The zero-order chi connectivity index (χ0) is 15.2. The Kier molecular flexibility index (Phi) is 5.13. The first-order chi connectivity index (χ1) is 10.8. The van der Waals surface area contributed by atoms with E-state index in [4.69, 9.17) is 4.74 Å². The van der Waals surface area contributed by atoms with Gasteiger partial charge in [0.25, 0.3) is 0 Å². The van der Waals surface area contributed by atoms with Gasteiger partial charge in [-0.3, -0.25) is 15.0 Å². The van der Waals surface area contributed by atoms with Gasteiger partial charge in [-0.25, -0.2) is 4.98 Å². The summed E-state index contributed by atoms with van der Waals surface area (Å²) < 4.78 is 6.01. The van der Waals surface area contributed by atoms with Crippen LogP contribution in [0.1, 0.15) is 37.1 Å². The Labute approximate surface area is 130 Å². The summed E-state index contributed by atoms with van der Waals surface area (Å²) in [7, 11) is 0. The van der Waals surface area contributed by atoms with Gasteiger partial charge in [-0.15, -0.1) is 0 Å². The van der Waals surface area contributed by atoms with E-state index in [-0.39, 0.29) is 6.10 Å². The molecule has 2 aromatic rings. The van der Waals surface area contributed by atoms with E-state index in [0.717, 1.165) is 56.2 Å². The van der Waals surface area contributed by atoms with Gasteiger partial charge in [0.15, 0.2) is 0 Å². The van der Waals surface area contributed by atoms with E-state index in [0.29, 0.717) is 6.61 Å². The zero-order valence-electron chi connectivity index (χ0n) is 13.0. The average molecular weight is 301 g/mol. The van der Waals surface area contributed by atoms with Gasteiger partial charge >= 0.3 is 0 Å². The Bertz CT molecular complexity index is 571. The second kappa shape index (κ2) is 7.47. The predicted molar refractivity (Wildman–Crippen MR) is 83.1 cm³/mol. The van der Waals surface area contributed by atoms with Crippen LogP contribution >= 0.6 is 0 Å². The number of H-pyrrole nitrogens is 1. The van der Waals surface area contributed by atoms with Crippen LogP contribution in [0.15, 0.2) is 24.4 Å². The minimum atomic E-state index is 0.268. The lowest BCUT2D eigenvalue weighted by Gasteiger charge is -2.31. The molecule has 2 aromatic heterocycles. The van der Waals surface area contributed by atoms with Crippen LogP contribution in [0.25, 0.3) is 0 Å². The van der Waals surface area contributed by atoms with E-state index in [9.17, 15) is 0 Å². The predicted octanol–water partition coefficient (Wildman–Crippen LogP) is 1.94. The molecule has 0 saturated carbocycles. The monoisotopic (exact) mass is 301 g/mol. The number of hydrogen-bond donors (Lipinski definition) is 1. The van der Waals surface area contributed by atoms with Crippen molar-refractivity contribution in [2.45, 2.75) is 45.4 Å². The molecule has 1 unspecified atom stereocenters. The van der Waals surface area contributed by atoms with Crippen LogP contribution in [0, 0.1) is 0 Å². The van der Waals surface area contributed by atoms with Gasteiger partial charge in [0.05, 0.1) is 24.9 Å². The van der Waals surface area contributed by atoms with Crippen LogP contribution in [-0.4, -0.2) is 44.3 Å². The Morgan fingerprint density at radius 2 is 2.36 bits per heavy atom. The highest BCUT2D eigenvalue weighted by Gasteiger charge is 2.21. The van der Waals surface area contributed by atoms with Crippen LogP contribution in [0.2, 0.25) is 0 Å². The van der Waals surface area contributed by atoms with E-state index in [1.165, 1.54) is 0 Å². The Hall–Kier alpha value is -1.79. The summed E-state index contributed by atoms with van der Waals surface area (Å²) in [4.78, 5) is 11.2. The molecule has 0 bridgehead atoms. The highest BCUT2D eigenvalue weighted by Crippen LogP contribution is 2.16. The van der Waals surface area contributed by atoms with Crippen LogP contribution in [0.5, 0.6) is 0 Å². The number of nitrogens with zero attached hydrogens (tertiary/aromatic N) is 4. The molecule has 0 radical (unpaired) electrons. The fourth-order valence-electron chi connectivity index (χ4n) is 2.75. The summed E-state index contributed by atoms with van der Waals surface area (Å²) in [5.41, 5.74) is 0.988. The topological polar surface area (TPSA) is 66.9 Å². The summed E-state index contributed by atoms with van der Waals surface area (Å²) >= 11 is 0. The zero-order valence-corrected chi connectivity index (χ0v) is 13.0. The number of pyridine rings is 1. The summed E-state index contributed by atoms with van der Waals surface area (Å²) in [6.45, 7) is 5.49. The maximum absolute atomic E-state index is 6.01. The van der Waals surface area contributed by atoms with Crippen molar-refractivity contribution in [3.05, 3.63) is 41.7 Å². The molecule has 1 aliphatic rings. The van der Waals surface area contributed by atoms with E-state index in [1.54, 1.807) is 6.20 Å². The molecule has 1 N–H and O–H groups in total. The average Bonchev–Trinajstić information content (AvgIpc) is 3.02. The van der Waals surface area contributed by atoms with E-state index in [2.05, 4.69) is 32.0 Å². The Morgan fingerprint density at radius 1 is 1.41 bits per heavy atom. The molecule has 22 heavy (non-hydrogen) atoms. The van der Waals surface area contributed by atoms with Crippen molar-refractivity contribution in [2.75, 3.05) is 13.1 Å². The standard InChI is InChI=1S/C16H23N5O/c1-2-15-18-16(20-19-15)11-21-9-5-7-14(10-21)22-12-13-6-3-4-8-17-13/h3-4,6,8,14H,2,5,7,9-12H2,1H3,(H,18,19,20). The first kappa shape index (κ1) is 15.1. The second-order valence-electron chi connectivity index (χ2n) is 5.68. The first-order valence-electron chi connectivity index (χ1n) is 7.97. The first-order valence-corrected chi connectivity index (χ1v) is 7.97. The summed E-state index contributed by atoms with van der Waals surface area (Å²) in [5, 5.41) is 7.22. The van der Waals surface area contributed by atoms with Crippen molar-refractivity contribution in [1.82, 2.24) is 25.1 Å². The van der Waals surface area contributed by atoms with Gasteiger partial charge in [0.1, 0.15) is 11.6 Å². The highest BCUT2D eigenvalue weighted by molar-refractivity contribution is 5.02. The van der Waals surface area contributed by atoms with Gasteiger partial charge in [-0.1, -0.05) is 13.0 Å². The summed E-state index contributed by atoms with van der Waals surface area (Å²) in [5.74, 6) is 1.83. The Morgan fingerprint density at radius 3 is 3.14 bits per heavy atom. The van der Waals surface area contributed by atoms with Gasteiger partial charge in [0.2, 0.25) is 0 Å². The summed E-state index contributed by atoms with van der Waals surface area (Å²) in [6.07, 6.45) is 5.21. The van der Waals surface area contributed by atoms with E-state index in [1.807, 2.05) is 18.2 Å². The largest absolute Gasteiger partial charge is 0.371 e. The normalized spacial score (nSPS) is 19.4. The molecule has 3 rings (SSSR count). The van der Waals surface area contributed by atoms with Crippen molar-refractivity contribution in [3.8, 4) is 0 Å². The molecule has 1 saturated heterocycles. The number of piperidine rings is 1. The number of hydrogen-bond acceptors (Lipinski definition) is 5. The van der Waals surface area contributed by atoms with Crippen LogP contribution in [0.3, 0.4) is 0 Å². The number of nitrogens with one attached hydrogen (secondary N) is 1. The molecule has 0 aliphatic carbocycles. The second-order valence-corrected chi connectivity index (χ2v) is 5.68. The van der Waals surface area contributed by atoms with Crippen molar-refractivity contribution in [1.29, 1.82) is 0 Å². The molecule has 6 heteroatoms. The van der Waals surface area contributed by atoms with Crippen molar-refractivity contribution >= 4 is 0 Å². The quantitative estimate of drug-likeness (QED) is 0.883. The lowest BCUT2D eigenvalue weighted by Crippen LogP contribution is -2.39. The number of aryl methyl sites for hydroxylation is 1. The lowest BCUT2D eigenvalue weighted by molar-refractivity contribution is -0.0138. The molecule has 0 amide bonds. The number of aromatic nitrogens is 4. The number of ether oxygens (including phenoxy) is 1. The third-order valence-electron chi connectivity index (χ3n) is 3.92. The molecule has 118 valence electrons. The molecule has 0 aromatic carbocycles. The fraction of sp³-hybridized carbons (Fsp3) is 0.562. The smallest absolute Gasteiger partial charge is 0.150 e. The van der Waals surface area contributed by atoms with Gasteiger partial charge < -0.3 is 4.74 Å². The van der Waals surface area contributed by atoms with E-state index >= 15 is 0 Å². The number of rotatable bonds is 6. The maximum Gasteiger partial charge on any atom is 0.150 e. The Balaban J connectivity index is 1.48.